The molecule has 0 aromatic carbocycles. The minimum absolute atomic E-state index is 0.536. The average Bonchev–Trinajstić information content (AvgIpc) is 2.04. The Balaban J connectivity index is 2.58. The van der Waals surface area contributed by atoms with Gasteiger partial charge in [0.2, 0.25) is 0 Å². The molecule has 1 fully saturated rings. The third-order valence-corrected chi connectivity index (χ3v) is 4.01. The van der Waals surface area contributed by atoms with Crippen LogP contribution in [0.5, 0.6) is 0 Å². The van der Waals surface area contributed by atoms with E-state index in [0.29, 0.717) is 12.1 Å². The van der Waals surface area contributed by atoms with Crippen molar-refractivity contribution in [2.24, 2.45) is 0 Å². The molecule has 1 rings (SSSR count). The summed E-state index contributed by atoms with van der Waals surface area (Å²) in [5.41, 5.74) is 0. The van der Waals surface area contributed by atoms with Gasteiger partial charge in [-0.05, 0) is 39.5 Å². The van der Waals surface area contributed by atoms with Crippen molar-refractivity contribution in [2.45, 2.75) is 39.8 Å². The van der Waals surface area contributed by atoms with Gasteiger partial charge in [-0.1, -0.05) is 12.2 Å². The van der Waals surface area contributed by atoms with Crippen LogP contribution in [0.4, 0.5) is 0 Å². The summed E-state index contributed by atoms with van der Waals surface area (Å²) < 4.78 is 1.07. The molecule has 0 spiro atoms. The highest BCUT2D eigenvalue weighted by molar-refractivity contribution is 8.22. The Kier molecular flexibility index (Phi) is 4.01. The first-order valence-corrected chi connectivity index (χ1v) is 6.19. The fourth-order valence-corrected chi connectivity index (χ4v) is 2.94. The van der Waals surface area contributed by atoms with Gasteiger partial charge in [-0.15, -0.1) is 0 Å². The third-order valence-electron chi connectivity index (χ3n) is 2.43. The van der Waals surface area contributed by atoms with Gasteiger partial charge in [0, 0.05) is 6.04 Å². The van der Waals surface area contributed by atoms with Gasteiger partial charge < -0.3 is 9.80 Å². The lowest BCUT2D eigenvalue weighted by Crippen LogP contribution is -3.17. The van der Waals surface area contributed by atoms with E-state index in [4.69, 9.17) is 12.2 Å². The van der Waals surface area contributed by atoms with E-state index in [1.807, 2.05) is 11.8 Å². The first kappa shape index (κ1) is 11.3. The highest BCUT2D eigenvalue weighted by Gasteiger charge is 2.27. The first-order chi connectivity index (χ1) is 6.02. The molecule has 0 radical (unpaired) electrons. The van der Waals surface area contributed by atoms with Gasteiger partial charge in [0.15, 0.2) is 6.67 Å². The van der Waals surface area contributed by atoms with E-state index in [1.54, 1.807) is 4.90 Å². The predicted molar refractivity (Wildman–Crippen MR) is 63.0 cm³/mol. The fraction of sp³-hybridized carbons (Fsp3) is 0.889. The minimum atomic E-state index is 0.536. The third kappa shape index (κ3) is 2.82. The Bertz CT molecular complexity index is 192. The van der Waals surface area contributed by atoms with Gasteiger partial charge in [0.1, 0.15) is 10.2 Å². The van der Waals surface area contributed by atoms with Crippen LogP contribution in [0.25, 0.3) is 0 Å². The zero-order valence-corrected chi connectivity index (χ0v) is 10.5. The Hall–Kier alpha value is 0.200. The standard InChI is InChI=1S/C9H18N2S2/c1-7(2)10-5-11(8(3)4)9(12)13-6-10/h7-8H,5-6H2,1-4H3/p+1. The van der Waals surface area contributed by atoms with Crippen molar-refractivity contribution < 1.29 is 4.90 Å². The molecule has 1 saturated heterocycles. The Morgan fingerprint density at radius 3 is 2.46 bits per heavy atom. The maximum Gasteiger partial charge on any atom is 0.155 e. The largest absolute Gasteiger partial charge is 0.308 e. The second kappa shape index (κ2) is 4.62. The normalized spacial score (nSPS) is 24.6. The topological polar surface area (TPSA) is 7.68 Å². The highest BCUT2D eigenvalue weighted by Crippen LogP contribution is 2.12. The van der Waals surface area contributed by atoms with Gasteiger partial charge in [0.05, 0.1) is 6.04 Å². The SMILES string of the molecule is CC(C)N1C[NH+](C(C)C)CSC1=S. The highest BCUT2D eigenvalue weighted by atomic mass is 32.2. The summed E-state index contributed by atoms with van der Waals surface area (Å²) in [6.07, 6.45) is 0. The second-order valence-corrected chi connectivity index (χ2v) is 5.70. The molecule has 2 nitrogen and oxygen atoms in total. The number of nitrogens with one attached hydrogen (secondary N) is 1. The van der Waals surface area contributed by atoms with E-state index >= 15 is 0 Å². The quantitative estimate of drug-likeness (QED) is 0.692. The van der Waals surface area contributed by atoms with Crippen LogP contribution >= 0.6 is 24.0 Å². The molecule has 0 aliphatic carbocycles. The van der Waals surface area contributed by atoms with Gasteiger partial charge in [0.25, 0.3) is 0 Å². The van der Waals surface area contributed by atoms with Crippen molar-refractivity contribution in [1.29, 1.82) is 0 Å². The lowest BCUT2D eigenvalue weighted by atomic mass is 10.3. The van der Waals surface area contributed by atoms with E-state index < -0.39 is 0 Å². The number of thiocarbonyl (C=S) groups is 1. The van der Waals surface area contributed by atoms with Crippen LogP contribution < -0.4 is 4.90 Å². The first-order valence-electron chi connectivity index (χ1n) is 4.80. The molecule has 0 aromatic rings. The van der Waals surface area contributed by atoms with Crippen molar-refractivity contribution in [3.63, 3.8) is 0 Å². The van der Waals surface area contributed by atoms with Gasteiger partial charge in [-0.3, -0.25) is 0 Å². The molecule has 1 atom stereocenters. The minimum Gasteiger partial charge on any atom is -0.308 e. The molecule has 1 unspecified atom stereocenters. The number of thioether (sulfide) groups is 1. The van der Waals surface area contributed by atoms with Crippen LogP contribution in [0.15, 0.2) is 0 Å². The summed E-state index contributed by atoms with van der Waals surface area (Å²) in [6, 6.07) is 1.23. The van der Waals surface area contributed by atoms with Gasteiger partial charge >= 0.3 is 0 Å². The van der Waals surface area contributed by atoms with Crippen molar-refractivity contribution in [3.8, 4) is 0 Å². The molecule has 0 bridgehead atoms. The molecule has 0 amide bonds. The second-order valence-electron chi connectivity index (χ2n) is 4.09. The van der Waals surface area contributed by atoms with Gasteiger partial charge in [-0.25, -0.2) is 0 Å². The van der Waals surface area contributed by atoms with Crippen LogP contribution in [0, 0.1) is 0 Å². The molecule has 76 valence electrons. The van der Waals surface area contributed by atoms with Crippen LogP contribution in [0.2, 0.25) is 0 Å². The Labute approximate surface area is 90.7 Å². The lowest BCUT2D eigenvalue weighted by Gasteiger charge is -2.38. The summed E-state index contributed by atoms with van der Waals surface area (Å²) in [7, 11) is 0. The summed E-state index contributed by atoms with van der Waals surface area (Å²) >= 11 is 7.13. The maximum absolute atomic E-state index is 5.32. The van der Waals surface area contributed by atoms with Crippen LogP contribution in [-0.2, 0) is 0 Å². The van der Waals surface area contributed by atoms with E-state index in [1.165, 1.54) is 0 Å². The molecule has 1 heterocycles. The fourth-order valence-electron chi connectivity index (χ4n) is 1.31. The number of quaternary nitrogens is 1. The maximum atomic E-state index is 5.32. The summed E-state index contributed by atoms with van der Waals surface area (Å²) in [5, 5.41) is 0. The molecule has 1 aliphatic heterocycles. The van der Waals surface area contributed by atoms with Crippen LogP contribution in [0.1, 0.15) is 27.7 Å². The smallest absolute Gasteiger partial charge is 0.155 e. The van der Waals surface area contributed by atoms with E-state index in [-0.39, 0.29) is 0 Å². The monoisotopic (exact) mass is 219 g/mol. The Morgan fingerprint density at radius 1 is 1.38 bits per heavy atom. The van der Waals surface area contributed by atoms with Gasteiger partial charge in [-0.2, -0.15) is 0 Å². The van der Waals surface area contributed by atoms with E-state index in [2.05, 4.69) is 32.6 Å². The molecule has 0 aromatic heterocycles. The van der Waals surface area contributed by atoms with E-state index in [0.717, 1.165) is 16.9 Å². The summed E-state index contributed by atoms with van der Waals surface area (Å²) in [5.74, 6) is 1.12. The van der Waals surface area contributed by atoms with Crippen molar-refractivity contribution in [1.82, 2.24) is 4.90 Å². The van der Waals surface area contributed by atoms with Crippen molar-refractivity contribution in [3.05, 3.63) is 0 Å². The predicted octanol–water partition coefficient (Wildman–Crippen LogP) is 0.937. The molecule has 13 heavy (non-hydrogen) atoms. The zero-order valence-electron chi connectivity index (χ0n) is 8.83. The molecular formula is C9H19N2S2+. The number of nitrogens with zero attached hydrogens (tertiary/aromatic N) is 1. The lowest BCUT2D eigenvalue weighted by molar-refractivity contribution is -0.918. The van der Waals surface area contributed by atoms with Crippen molar-refractivity contribution >= 4 is 28.3 Å². The summed E-state index contributed by atoms with van der Waals surface area (Å²) in [6.45, 7) is 10.0. The molecule has 1 aliphatic rings. The number of hydrogen-bond acceptors (Lipinski definition) is 2. The average molecular weight is 219 g/mol. The Morgan fingerprint density at radius 2 is 2.00 bits per heavy atom. The number of hydrogen-bond donors (Lipinski definition) is 1. The zero-order chi connectivity index (χ0) is 10.0. The van der Waals surface area contributed by atoms with Crippen LogP contribution in [-0.4, -0.2) is 33.8 Å². The molecular weight excluding hydrogens is 200 g/mol. The van der Waals surface area contributed by atoms with Crippen LogP contribution in [0.3, 0.4) is 0 Å². The van der Waals surface area contributed by atoms with Crippen molar-refractivity contribution in [2.75, 3.05) is 12.5 Å². The summed E-state index contributed by atoms with van der Waals surface area (Å²) in [4.78, 5) is 3.94. The molecule has 0 saturated carbocycles. The van der Waals surface area contributed by atoms with E-state index in [9.17, 15) is 0 Å². The molecule has 4 heteroatoms. The molecule has 1 N–H and O–H groups in total. The number of rotatable bonds is 2.